The minimum absolute atomic E-state index is 0.414. The van der Waals surface area contributed by atoms with Crippen molar-refractivity contribution in [1.29, 1.82) is 0 Å². The van der Waals surface area contributed by atoms with Gasteiger partial charge in [0.05, 0.1) is 0 Å². The first-order valence-electron chi connectivity index (χ1n) is 12.3. The van der Waals surface area contributed by atoms with Gasteiger partial charge in [0.15, 0.2) is 0 Å². The van der Waals surface area contributed by atoms with Crippen molar-refractivity contribution in [2.24, 2.45) is 5.41 Å². The molecule has 1 heteroatoms. The molecule has 1 nitrogen and oxygen atoms in total. The van der Waals surface area contributed by atoms with E-state index < -0.39 is 0 Å². The normalized spacial score (nSPS) is 18.6. The SMILES string of the molecule is CC.CC1(C)CC2(CCCCC2)CN1.c1ccc(Cc2cccc3ccccc23)cc1. The Kier molecular flexibility index (Phi) is 8.32. The summed E-state index contributed by atoms with van der Waals surface area (Å²) in [6.45, 7) is 9.96. The molecule has 0 aromatic heterocycles. The summed E-state index contributed by atoms with van der Waals surface area (Å²) >= 11 is 0. The standard InChI is InChI=1S/C17H14.C11H21N.C2H6/c1-2-7-14(8-3-1)13-16-11-6-10-15-9-4-5-12-17(15)16;1-10(2)8-11(9-12-10)6-4-3-5-7-11;1-2/h1-12H,13H2;12H,3-9H2,1-2H3;1-2H3. The maximum absolute atomic E-state index is 3.66. The van der Waals surface area contributed by atoms with Crippen molar-refractivity contribution >= 4 is 10.8 Å². The van der Waals surface area contributed by atoms with Crippen LogP contribution in [0.15, 0.2) is 72.8 Å². The number of rotatable bonds is 2. The second-order valence-corrected chi connectivity index (χ2v) is 9.78. The summed E-state index contributed by atoms with van der Waals surface area (Å²) in [5.74, 6) is 0. The summed E-state index contributed by atoms with van der Waals surface area (Å²) in [7, 11) is 0. The summed E-state index contributed by atoms with van der Waals surface area (Å²) in [5, 5.41) is 6.34. The molecule has 5 rings (SSSR count). The van der Waals surface area contributed by atoms with Crippen LogP contribution in [0.3, 0.4) is 0 Å². The third kappa shape index (κ3) is 6.43. The van der Waals surface area contributed by atoms with E-state index in [9.17, 15) is 0 Å². The summed E-state index contributed by atoms with van der Waals surface area (Å²) in [5.41, 5.74) is 3.87. The van der Waals surface area contributed by atoms with Crippen LogP contribution in [-0.2, 0) is 6.42 Å². The molecule has 0 amide bonds. The van der Waals surface area contributed by atoms with Gasteiger partial charge in [0.25, 0.3) is 0 Å². The predicted octanol–water partition coefficient (Wildman–Crippen LogP) is 8.17. The first-order valence-corrected chi connectivity index (χ1v) is 12.3. The van der Waals surface area contributed by atoms with Gasteiger partial charge in [-0.1, -0.05) is 106 Å². The smallest absolute Gasteiger partial charge is 0.0131 e. The third-order valence-electron chi connectivity index (χ3n) is 6.79. The van der Waals surface area contributed by atoms with Crippen LogP contribution in [0.1, 0.15) is 77.3 Å². The minimum Gasteiger partial charge on any atom is -0.311 e. The molecule has 1 aliphatic heterocycles. The Morgan fingerprint density at radius 3 is 2.06 bits per heavy atom. The van der Waals surface area contributed by atoms with Crippen molar-refractivity contribution in [1.82, 2.24) is 5.32 Å². The molecule has 2 fully saturated rings. The second-order valence-electron chi connectivity index (χ2n) is 9.78. The van der Waals surface area contributed by atoms with Crippen molar-refractivity contribution in [2.45, 2.75) is 78.2 Å². The van der Waals surface area contributed by atoms with E-state index in [-0.39, 0.29) is 0 Å². The number of hydrogen-bond donors (Lipinski definition) is 1. The summed E-state index contributed by atoms with van der Waals surface area (Å²) in [4.78, 5) is 0. The molecule has 1 spiro atoms. The Labute approximate surface area is 190 Å². The van der Waals surface area contributed by atoms with Gasteiger partial charge < -0.3 is 5.32 Å². The van der Waals surface area contributed by atoms with E-state index in [1.54, 1.807) is 0 Å². The van der Waals surface area contributed by atoms with Gasteiger partial charge in [0.1, 0.15) is 0 Å². The third-order valence-corrected chi connectivity index (χ3v) is 6.79. The summed E-state index contributed by atoms with van der Waals surface area (Å²) in [6, 6.07) is 25.7. The topological polar surface area (TPSA) is 12.0 Å². The van der Waals surface area contributed by atoms with Gasteiger partial charge in [-0.05, 0) is 66.8 Å². The Bertz CT molecular complexity index is 914. The zero-order valence-corrected chi connectivity index (χ0v) is 20.1. The molecule has 1 aliphatic carbocycles. The molecular weight excluding hydrogens is 374 g/mol. The van der Waals surface area contributed by atoms with Crippen LogP contribution >= 0.6 is 0 Å². The lowest BCUT2D eigenvalue weighted by atomic mass is 9.71. The fraction of sp³-hybridized carbons (Fsp3) is 0.467. The summed E-state index contributed by atoms with van der Waals surface area (Å²) in [6.07, 6.45) is 9.77. The largest absolute Gasteiger partial charge is 0.311 e. The van der Waals surface area contributed by atoms with Crippen LogP contribution in [0.5, 0.6) is 0 Å². The Morgan fingerprint density at radius 2 is 1.39 bits per heavy atom. The molecule has 3 aromatic carbocycles. The highest BCUT2D eigenvalue weighted by atomic mass is 15.0. The molecule has 1 saturated heterocycles. The monoisotopic (exact) mass is 415 g/mol. The number of nitrogens with one attached hydrogen (secondary N) is 1. The maximum atomic E-state index is 3.66. The van der Waals surface area contributed by atoms with Gasteiger partial charge in [-0.2, -0.15) is 0 Å². The molecule has 1 heterocycles. The molecule has 0 unspecified atom stereocenters. The van der Waals surface area contributed by atoms with Gasteiger partial charge in [-0.25, -0.2) is 0 Å². The number of fused-ring (bicyclic) bond motifs is 1. The predicted molar refractivity (Wildman–Crippen MR) is 137 cm³/mol. The highest BCUT2D eigenvalue weighted by molar-refractivity contribution is 5.85. The first-order chi connectivity index (χ1) is 15.1. The maximum Gasteiger partial charge on any atom is 0.0131 e. The van der Waals surface area contributed by atoms with Crippen LogP contribution in [0.4, 0.5) is 0 Å². The van der Waals surface area contributed by atoms with E-state index in [2.05, 4.69) is 92.0 Å². The van der Waals surface area contributed by atoms with Gasteiger partial charge >= 0.3 is 0 Å². The van der Waals surface area contributed by atoms with Gasteiger partial charge in [0.2, 0.25) is 0 Å². The highest BCUT2D eigenvalue weighted by Crippen LogP contribution is 2.45. The fourth-order valence-corrected chi connectivity index (χ4v) is 5.41. The van der Waals surface area contributed by atoms with Gasteiger partial charge in [-0.15, -0.1) is 0 Å². The zero-order valence-electron chi connectivity index (χ0n) is 20.1. The second kappa shape index (κ2) is 11.0. The van der Waals surface area contributed by atoms with E-state index in [1.807, 2.05) is 13.8 Å². The zero-order chi connectivity index (χ0) is 22.2. The van der Waals surface area contributed by atoms with Crippen LogP contribution in [0, 0.1) is 5.41 Å². The Balaban J connectivity index is 0.000000171. The Morgan fingerprint density at radius 1 is 0.742 bits per heavy atom. The van der Waals surface area contributed by atoms with Crippen molar-refractivity contribution in [2.75, 3.05) is 6.54 Å². The molecule has 0 radical (unpaired) electrons. The fourth-order valence-electron chi connectivity index (χ4n) is 5.41. The molecule has 0 atom stereocenters. The van der Waals surface area contributed by atoms with Gasteiger partial charge in [-0.3, -0.25) is 0 Å². The summed E-state index contributed by atoms with van der Waals surface area (Å²) < 4.78 is 0. The van der Waals surface area contributed by atoms with Crippen LogP contribution < -0.4 is 5.32 Å². The van der Waals surface area contributed by atoms with Crippen molar-refractivity contribution in [3.63, 3.8) is 0 Å². The molecule has 1 N–H and O–H groups in total. The van der Waals surface area contributed by atoms with Crippen LogP contribution in [0.2, 0.25) is 0 Å². The average Bonchev–Trinajstić information content (AvgIpc) is 3.10. The lowest BCUT2D eigenvalue weighted by Gasteiger charge is -2.33. The molecular formula is C30H41N. The van der Waals surface area contributed by atoms with E-state index in [0.29, 0.717) is 11.0 Å². The molecule has 2 aliphatic rings. The molecule has 0 bridgehead atoms. The number of benzene rings is 3. The Hall–Kier alpha value is -2.12. The molecule has 3 aromatic rings. The lowest BCUT2D eigenvalue weighted by molar-refractivity contribution is 0.204. The lowest BCUT2D eigenvalue weighted by Crippen LogP contribution is -2.31. The van der Waals surface area contributed by atoms with Crippen LogP contribution in [0.25, 0.3) is 10.8 Å². The van der Waals surface area contributed by atoms with E-state index >= 15 is 0 Å². The van der Waals surface area contributed by atoms with Crippen molar-refractivity contribution in [3.05, 3.63) is 83.9 Å². The molecule has 1 saturated carbocycles. The highest BCUT2D eigenvalue weighted by Gasteiger charge is 2.42. The van der Waals surface area contributed by atoms with Crippen molar-refractivity contribution < 1.29 is 0 Å². The van der Waals surface area contributed by atoms with Gasteiger partial charge in [0, 0.05) is 12.1 Å². The molecule has 166 valence electrons. The van der Waals surface area contributed by atoms with E-state index in [0.717, 1.165) is 6.42 Å². The molecule has 31 heavy (non-hydrogen) atoms. The number of hydrogen-bond acceptors (Lipinski definition) is 1. The van der Waals surface area contributed by atoms with Crippen molar-refractivity contribution in [3.8, 4) is 0 Å². The minimum atomic E-state index is 0.414. The average molecular weight is 416 g/mol. The van der Waals surface area contributed by atoms with E-state index in [1.165, 1.54) is 67.0 Å². The van der Waals surface area contributed by atoms with Crippen LogP contribution in [-0.4, -0.2) is 12.1 Å². The first kappa shape index (κ1) is 23.5. The quantitative estimate of drug-likeness (QED) is 0.445. The van der Waals surface area contributed by atoms with E-state index in [4.69, 9.17) is 0 Å².